The summed E-state index contributed by atoms with van der Waals surface area (Å²) in [5.41, 5.74) is 2.87. The second-order valence-electron chi connectivity index (χ2n) is 5.48. The van der Waals surface area contributed by atoms with Crippen LogP contribution in [0.4, 0.5) is 30.7 Å². The molecule has 0 heterocycles. The lowest BCUT2D eigenvalue weighted by molar-refractivity contribution is -0.109. The van der Waals surface area contributed by atoms with E-state index in [2.05, 4.69) is 9.98 Å². The largest absolute Gasteiger partial charge is 0.451 e. The Hall–Kier alpha value is -1.58. The molecule has 0 amide bonds. The smallest absolute Gasteiger partial charge is 0.266 e. The van der Waals surface area contributed by atoms with E-state index in [9.17, 15) is 30.7 Å². The summed E-state index contributed by atoms with van der Waals surface area (Å²) in [5, 5.41) is 0. The maximum Gasteiger partial charge on any atom is 0.451 e. The van der Waals surface area contributed by atoms with E-state index in [1.54, 1.807) is 13.0 Å². The van der Waals surface area contributed by atoms with Crippen LogP contribution >= 0.6 is 11.8 Å². The molecule has 0 atom stereocenters. The first kappa shape index (κ1) is 25.4. The number of alkyl halides is 7. The Balaban J connectivity index is 0.000000580. The number of benzene rings is 1. The van der Waals surface area contributed by atoms with Crippen molar-refractivity contribution in [1.29, 1.82) is 0 Å². The number of halogens is 7. The Morgan fingerprint density at radius 3 is 1.93 bits per heavy atom. The van der Waals surface area contributed by atoms with Gasteiger partial charge in [0.05, 0.1) is 5.75 Å². The molecule has 0 radical (unpaired) electrons. The number of thioether (sulfide) groups is 1. The van der Waals surface area contributed by atoms with Gasteiger partial charge in [-0.1, -0.05) is 6.07 Å². The van der Waals surface area contributed by atoms with E-state index in [1.165, 1.54) is 6.92 Å². The third kappa shape index (κ3) is 8.77. The summed E-state index contributed by atoms with van der Waals surface area (Å²) in [6, 6.07) is 3.63. The van der Waals surface area contributed by atoms with Crippen LogP contribution in [0.5, 0.6) is 0 Å². The van der Waals surface area contributed by atoms with E-state index >= 15 is 0 Å². The van der Waals surface area contributed by atoms with Crippen molar-refractivity contribution in [2.24, 2.45) is 9.98 Å². The molecule has 1 aromatic rings. The molecular formula is C17H21F7N2S. The molecule has 27 heavy (non-hydrogen) atoms. The molecule has 0 saturated heterocycles. The molecule has 1 rings (SSSR count). The van der Waals surface area contributed by atoms with Gasteiger partial charge >= 0.3 is 18.5 Å². The van der Waals surface area contributed by atoms with E-state index in [4.69, 9.17) is 0 Å². The zero-order valence-electron chi connectivity index (χ0n) is 15.5. The van der Waals surface area contributed by atoms with Crippen LogP contribution in [-0.4, -0.2) is 43.4 Å². The van der Waals surface area contributed by atoms with Crippen LogP contribution in [-0.2, 0) is 0 Å². The van der Waals surface area contributed by atoms with Crippen molar-refractivity contribution in [1.82, 2.24) is 0 Å². The molecule has 154 valence electrons. The number of aliphatic imine (C=N–C) groups is 2. The van der Waals surface area contributed by atoms with Gasteiger partial charge in [-0.05, 0) is 50.5 Å². The van der Waals surface area contributed by atoms with Gasteiger partial charge in [-0.15, -0.1) is 11.8 Å². The Kier molecular flexibility index (Phi) is 10.1. The number of hydrogen-bond acceptors (Lipinski definition) is 2. The average Bonchev–Trinajstić information content (AvgIpc) is 2.54. The zero-order valence-corrected chi connectivity index (χ0v) is 16.3. The first-order chi connectivity index (χ1) is 12.3. The molecule has 0 saturated carbocycles. The lowest BCUT2D eigenvalue weighted by atomic mass is 10.1. The monoisotopic (exact) mass is 418 g/mol. The molecular weight excluding hydrogens is 397 g/mol. The minimum atomic E-state index is -4.43. The summed E-state index contributed by atoms with van der Waals surface area (Å²) < 4.78 is 84.5. The number of rotatable bonds is 4. The summed E-state index contributed by atoms with van der Waals surface area (Å²) in [4.78, 5) is 6.59. The molecule has 1 aromatic carbocycles. The fraction of sp³-hybridized carbons (Fsp3) is 0.529. The standard InChI is InChI=1S/C12H14F4S.C5H7F3N2/c1-7-4-9(3)10(5-8(7)2)17-6-12(15,16)11(13)14;1-3-10-4(9-2)5(6,7)8/h4-5,11H,6H2,1-3H3;3H,1-2H3. The molecule has 0 bridgehead atoms. The highest BCUT2D eigenvalue weighted by Gasteiger charge is 2.40. The summed E-state index contributed by atoms with van der Waals surface area (Å²) in [5.74, 6) is -5.93. The topological polar surface area (TPSA) is 24.7 Å². The van der Waals surface area contributed by atoms with E-state index < -0.39 is 30.1 Å². The summed E-state index contributed by atoms with van der Waals surface area (Å²) in [6.45, 7) is 6.97. The minimum absolute atomic E-state index is 0.633. The van der Waals surface area contributed by atoms with Crippen LogP contribution in [0.3, 0.4) is 0 Å². The predicted molar refractivity (Wildman–Crippen MR) is 95.9 cm³/mol. The molecule has 0 aliphatic heterocycles. The van der Waals surface area contributed by atoms with Gasteiger partial charge < -0.3 is 0 Å². The van der Waals surface area contributed by atoms with Crippen LogP contribution in [0.1, 0.15) is 23.6 Å². The molecule has 0 fully saturated rings. The first-order valence-corrected chi connectivity index (χ1v) is 8.64. The highest BCUT2D eigenvalue weighted by molar-refractivity contribution is 7.99. The Morgan fingerprint density at radius 2 is 1.56 bits per heavy atom. The van der Waals surface area contributed by atoms with Crippen molar-refractivity contribution >= 4 is 23.8 Å². The highest BCUT2D eigenvalue weighted by atomic mass is 32.2. The van der Waals surface area contributed by atoms with Crippen molar-refractivity contribution in [3.63, 3.8) is 0 Å². The van der Waals surface area contributed by atoms with Crippen LogP contribution in [0, 0.1) is 20.8 Å². The minimum Gasteiger partial charge on any atom is -0.266 e. The molecule has 0 aliphatic carbocycles. The number of hydrogen-bond donors (Lipinski definition) is 0. The maximum atomic E-state index is 12.8. The van der Waals surface area contributed by atoms with Crippen LogP contribution in [0.15, 0.2) is 27.0 Å². The summed E-state index contributed by atoms with van der Waals surface area (Å²) >= 11 is 0.775. The SMILES string of the molecule is CC=NC(=NC)C(F)(F)F.Cc1cc(C)c(SCC(F)(F)C(F)F)cc1C. The van der Waals surface area contributed by atoms with Gasteiger partial charge in [-0.2, -0.15) is 22.0 Å². The third-order valence-corrected chi connectivity index (χ3v) is 4.53. The molecule has 0 N–H and O–H groups in total. The average molecular weight is 418 g/mol. The summed E-state index contributed by atoms with van der Waals surface area (Å²) in [7, 11) is 1.05. The van der Waals surface area contributed by atoms with Gasteiger partial charge in [0.15, 0.2) is 0 Å². The van der Waals surface area contributed by atoms with Crippen LogP contribution < -0.4 is 0 Å². The second-order valence-corrected chi connectivity index (χ2v) is 6.50. The van der Waals surface area contributed by atoms with E-state index in [0.29, 0.717) is 4.90 Å². The third-order valence-electron chi connectivity index (χ3n) is 3.25. The van der Waals surface area contributed by atoms with Crippen molar-refractivity contribution in [3.05, 3.63) is 28.8 Å². The Bertz CT molecular complexity index is 668. The number of amidine groups is 1. The molecule has 0 aliphatic rings. The number of nitrogens with zero attached hydrogens (tertiary/aromatic N) is 2. The van der Waals surface area contributed by atoms with Crippen molar-refractivity contribution in [2.75, 3.05) is 12.8 Å². The van der Waals surface area contributed by atoms with Gasteiger partial charge in [0.2, 0.25) is 5.84 Å². The first-order valence-electron chi connectivity index (χ1n) is 7.65. The lowest BCUT2D eigenvalue weighted by Crippen LogP contribution is -2.29. The highest BCUT2D eigenvalue weighted by Crippen LogP contribution is 2.33. The van der Waals surface area contributed by atoms with Crippen LogP contribution in [0.25, 0.3) is 0 Å². The summed E-state index contributed by atoms with van der Waals surface area (Å²) in [6.07, 6.45) is -6.99. The van der Waals surface area contributed by atoms with E-state index in [-0.39, 0.29) is 0 Å². The normalized spacial score (nSPS) is 13.1. The second kappa shape index (κ2) is 10.7. The Labute approximate surface area is 158 Å². The molecule has 0 unspecified atom stereocenters. The quantitative estimate of drug-likeness (QED) is 0.245. The van der Waals surface area contributed by atoms with E-state index in [0.717, 1.165) is 41.7 Å². The molecule has 0 spiro atoms. The van der Waals surface area contributed by atoms with Gasteiger partial charge in [0, 0.05) is 18.2 Å². The molecule has 10 heteroatoms. The van der Waals surface area contributed by atoms with Gasteiger partial charge in [-0.3, -0.25) is 4.99 Å². The lowest BCUT2D eigenvalue weighted by Gasteiger charge is -2.16. The zero-order chi connectivity index (χ0) is 21.4. The van der Waals surface area contributed by atoms with E-state index in [1.807, 2.05) is 19.9 Å². The Morgan fingerprint density at radius 1 is 1.04 bits per heavy atom. The molecule has 2 nitrogen and oxygen atoms in total. The predicted octanol–water partition coefficient (Wildman–Crippen LogP) is 6.27. The van der Waals surface area contributed by atoms with Gasteiger partial charge in [-0.25, -0.2) is 13.8 Å². The molecule has 0 aromatic heterocycles. The fourth-order valence-corrected chi connectivity index (χ4v) is 2.73. The van der Waals surface area contributed by atoms with Gasteiger partial charge in [0.1, 0.15) is 0 Å². The van der Waals surface area contributed by atoms with Crippen molar-refractivity contribution < 1.29 is 30.7 Å². The maximum absolute atomic E-state index is 12.8. The van der Waals surface area contributed by atoms with Crippen molar-refractivity contribution in [3.8, 4) is 0 Å². The van der Waals surface area contributed by atoms with Crippen LogP contribution in [0.2, 0.25) is 0 Å². The van der Waals surface area contributed by atoms with Crippen molar-refractivity contribution in [2.45, 2.75) is 51.1 Å². The number of aryl methyl sites for hydroxylation is 3. The fourth-order valence-electron chi connectivity index (χ4n) is 1.71. The van der Waals surface area contributed by atoms with Gasteiger partial charge in [0.25, 0.3) is 0 Å².